The molecule has 0 spiro atoms. The first-order valence-electron chi connectivity index (χ1n) is 10.1. The average molecular weight is 522 g/mol. The number of nitrogens with zero attached hydrogens (tertiary/aromatic N) is 2. The number of benzene rings is 3. The summed E-state index contributed by atoms with van der Waals surface area (Å²) in [6, 6.07) is 8.38. The predicted molar refractivity (Wildman–Crippen MR) is 120 cm³/mol. The molecule has 3 N–H and O–H groups in total. The Balaban J connectivity index is 1.96. The minimum atomic E-state index is -5.18. The van der Waals surface area contributed by atoms with Crippen LogP contribution in [-0.4, -0.2) is 30.5 Å². The van der Waals surface area contributed by atoms with E-state index in [0.29, 0.717) is 12.1 Å². The maximum absolute atomic E-state index is 14.5. The summed E-state index contributed by atoms with van der Waals surface area (Å²) in [6.07, 6.45) is -2.64. The highest BCUT2D eigenvalue weighted by molar-refractivity contribution is 7.93. The molecule has 0 saturated carbocycles. The van der Waals surface area contributed by atoms with Gasteiger partial charge in [-0.2, -0.15) is 13.2 Å². The van der Waals surface area contributed by atoms with Crippen LogP contribution in [0.15, 0.2) is 71.9 Å². The van der Waals surface area contributed by atoms with Crippen molar-refractivity contribution in [3.8, 4) is 0 Å². The van der Waals surface area contributed by atoms with E-state index in [9.17, 15) is 35.2 Å². The lowest BCUT2D eigenvalue weighted by molar-refractivity contribution is -0.141. The van der Waals surface area contributed by atoms with Crippen molar-refractivity contribution in [2.75, 3.05) is 4.72 Å². The van der Waals surface area contributed by atoms with Crippen LogP contribution in [-0.2, 0) is 10.0 Å². The summed E-state index contributed by atoms with van der Waals surface area (Å²) in [7, 11) is -4.68. The number of carbonyl (C=O) groups is 1. The van der Waals surface area contributed by atoms with Crippen LogP contribution in [0.5, 0.6) is 0 Å². The third-order valence-electron chi connectivity index (χ3n) is 5.26. The number of primary amides is 1. The summed E-state index contributed by atoms with van der Waals surface area (Å²) in [4.78, 5) is 19.6. The molecule has 36 heavy (non-hydrogen) atoms. The van der Waals surface area contributed by atoms with Gasteiger partial charge in [0.2, 0.25) is 0 Å². The summed E-state index contributed by atoms with van der Waals surface area (Å²) in [6.45, 7) is 0. The van der Waals surface area contributed by atoms with Crippen LogP contribution in [0.25, 0.3) is 11.0 Å². The van der Waals surface area contributed by atoms with Crippen molar-refractivity contribution < 1.29 is 35.2 Å². The lowest BCUT2D eigenvalue weighted by atomic mass is 9.87. The fraction of sp³-hybridized carbons (Fsp3) is 0.0870. The molecule has 1 atom stereocenters. The average Bonchev–Trinajstić information content (AvgIpc) is 2.80. The summed E-state index contributed by atoms with van der Waals surface area (Å²) in [5, 5.41) is 0. The molecule has 0 fully saturated rings. The molecule has 13 heteroatoms. The van der Waals surface area contributed by atoms with Gasteiger partial charge in [0.1, 0.15) is 28.0 Å². The molecule has 1 unspecified atom stereocenters. The number of nitrogens with one attached hydrogen (secondary N) is 1. The standard InChI is InChI=1S/C23H15F5N4O3S/c24-12-7-8-13(16(25)11-12)19(23(26,27)28)14-3-1-4-15(22(29)33)20(14)32-36(34,35)18-6-2-5-17-21(18)31-10-9-30-17/h1-11,19,32H,(H2,29,33). The van der Waals surface area contributed by atoms with Gasteiger partial charge in [-0.3, -0.25) is 19.5 Å². The molecule has 186 valence electrons. The lowest BCUT2D eigenvalue weighted by Gasteiger charge is -2.25. The molecule has 1 heterocycles. The number of sulfonamides is 1. The number of rotatable bonds is 6. The Morgan fingerprint density at radius 1 is 0.944 bits per heavy atom. The lowest BCUT2D eigenvalue weighted by Crippen LogP contribution is -2.27. The van der Waals surface area contributed by atoms with Crippen LogP contribution in [0.2, 0.25) is 0 Å². The van der Waals surface area contributed by atoms with Gasteiger partial charge >= 0.3 is 6.18 Å². The number of aromatic nitrogens is 2. The van der Waals surface area contributed by atoms with Crippen molar-refractivity contribution >= 4 is 32.7 Å². The van der Waals surface area contributed by atoms with E-state index in [1.165, 1.54) is 24.5 Å². The highest BCUT2D eigenvalue weighted by Gasteiger charge is 2.45. The number of para-hydroxylation sites is 2. The summed E-state index contributed by atoms with van der Waals surface area (Å²) >= 11 is 0. The maximum atomic E-state index is 14.5. The maximum Gasteiger partial charge on any atom is 0.399 e. The summed E-state index contributed by atoms with van der Waals surface area (Å²) in [5.41, 5.74) is 2.22. The van der Waals surface area contributed by atoms with Crippen LogP contribution in [0.3, 0.4) is 0 Å². The Labute approximate surface area is 200 Å². The van der Waals surface area contributed by atoms with Gasteiger partial charge in [-0.25, -0.2) is 17.2 Å². The number of alkyl halides is 3. The van der Waals surface area contributed by atoms with Gasteiger partial charge in [0.05, 0.1) is 16.8 Å². The van der Waals surface area contributed by atoms with Crippen molar-refractivity contribution in [1.82, 2.24) is 9.97 Å². The second kappa shape index (κ2) is 9.15. The first-order chi connectivity index (χ1) is 16.9. The van der Waals surface area contributed by atoms with E-state index in [2.05, 4.69) is 9.97 Å². The second-order valence-electron chi connectivity index (χ2n) is 7.56. The SMILES string of the molecule is NC(=O)c1cccc(C(c2ccc(F)cc2F)C(F)(F)F)c1NS(=O)(=O)c1cccc2nccnc12. The summed E-state index contributed by atoms with van der Waals surface area (Å²) in [5.74, 6) is -6.64. The molecular weight excluding hydrogens is 507 g/mol. The van der Waals surface area contributed by atoms with Gasteiger partial charge in [0, 0.05) is 24.0 Å². The number of halogens is 5. The molecule has 0 bridgehead atoms. The number of carbonyl (C=O) groups excluding carboxylic acids is 1. The molecule has 1 aromatic heterocycles. The molecule has 0 aliphatic heterocycles. The quantitative estimate of drug-likeness (QED) is 0.362. The smallest absolute Gasteiger partial charge is 0.366 e. The fourth-order valence-corrected chi connectivity index (χ4v) is 5.03. The van der Waals surface area contributed by atoms with E-state index in [-0.39, 0.29) is 17.1 Å². The minimum absolute atomic E-state index is 0.0810. The molecular formula is C23H15F5N4O3S. The largest absolute Gasteiger partial charge is 0.399 e. The van der Waals surface area contributed by atoms with E-state index >= 15 is 0 Å². The molecule has 3 aromatic carbocycles. The van der Waals surface area contributed by atoms with Crippen molar-refractivity contribution in [1.29, 1.82) is 0 Å². The van der Waals surface area contributed by atoms with Gasteiger partial charge in [0.25, 0.3) is 15.9 Å². The molecule has 0 aliphatic rings. The summed E-state index contributed by atoms with van der Waals surface area (Å²) < 4.78 is 99.4. The Bertz CT molecular complexity index is 1590. The second-order valence-corrected chi connectivity index (χ2v) is 9.21. The van der Waals surface area contributed by atoms with Gasteiger partial charge < -0.3 is 5.73 Å². The highest BCUT2D eigenvalue weighted by Crippen LogP contribution is 2.45. The fourth-order valence-electron chi connectivity index (χ4n) is 3.76. The molecule has 4 aromatic rings. The van der Waals surface area contributed by atoms with Gasteiger partial charge in [0.15, 0.2) is 0 Å². The van der Waals surface area contributed by atoms with E-state index in [1.807, 2.05) is 4.72 Å². The number of amides is 1. The zero-order valence-corrected chi connectivity index (χ0v) is 18.7. The van der Waals surface area contributed by atoms with Crippen molar-refractivity contribution in [2.45, 2.75) is 17.0 Å². The van der Waals surface area contributed by atoms with Crippen molar-refractivity contribution in [2.24, 2.45) is 5.73 Å². The van der Waals surface area contributed by atoms with Crippen LogP contribution in [0.4, 0.5) is 27.6 Å². The van der Waals surface area contributed by atoms with Gasteiger partial charge in [-0.15, -0.1) is 0 Å². The minimum Gasteiger partial charge on any atom is -0.366 e. The van der Waals surface area contributed by atoms with E-state index < -0.39 is 66.9 Å². The highest BCUT2D eigenvalue weighted by atomic mass is 32.2. The third kappa shape index (κ3) is 4.69. The molecule has 0 saturated heterocycles. The zero-order chi connectivity index (χ0) is 26.3. The van der Waals surface area contributed by atoms with E-state index in [1.54, 1.807) is 0 Å². The Morgan fingerprint density at radius 2 is 1.64 bits per heavy atom. The van der Waals surface area contributed by atoms with Crippen LogP contribution < -0.4 is 10.5 Å². The Morgan fingerprint density at radius 3 is 2.31 bits per heavy atom. The van der Waals surface area contributed by atoms with Crippen LogP contribution in [0, 0.1) is 11.6 Å². The molecule has 4 rings (SSSR count). The molecule has 0 aliphatic carbocycles. The molecule has 0 radical (unpaired) electrons. The predicted octanol–water partition coefficient (Wildman–Crippen LogP) is 4.50. The van der Waals surface area contributed by atoms with Crippen molar-refractivity contribution in [3.63, 3.8) is 0 Å². The Hall–Kier alpha value is -4.13. The monoisotopic (exact) mass is 522 g/mol. The van der Waals surface area contributed by atoms with Crippen LogP contribution in [0.1, 0.15) is 27.4 Å². The zero-order valence-electron chi connectivity index (χ0n) is 17.9. The number of anilines is 1. The van der Waals surface area contributed by atoms with E-state index in [4.69, 9.17) is 5.73 Å². The van der Waals surface area contributed by atoms with Crippen molar-refractivity contribution in [3.05, 3.63) is 95.3 Å². The van der Waals surface area contributed by atoms with E-state index in [0.717, 1.165) is 24.3 Å². The molecule has 7 nitrogen and oxygen atoms in total. The first kappa shape index (κ1) is 25.0. The number of hydrogen-bond donors (Lipinski definition) is 2. The van der Waals surface area contributed by atoms with Gasteiger partial charge in [-0.05, 0) is 29.8 Å². The van der Waals surface area contributed by atoms with Gasteiger partial charge in [-0.1, -0.05) is 24.3 Å². The first-order valence-corrected chi connectivity index (χ1v) is 11.6. The third-order valence-corrected chi connectivity index (χ3v) is 6.64. The number of nitrogens with two attached hydrogens (primary N) is 1. The normalized spacial score (nSPS) is 12.9. The van der Waals surface area contributed by atoms with Crippen LogP contribution >= 0.6 is 0 Å². The Kier molecular flexibility index (Phi) is 6.35. The number of hydrogen-bond acceptors (Lipinski definition) is 5. The topological polar surface area (TPSA) is 115 Å². The number of fused-ring (bicyclic) bond motifs is 1. The molecule has 1 amide bonds.